The summed E-state index contributed by atoms with van der Waals surface area (Å²) in [6, 6.07) is 24.0. The number of benzene rings is 3. The maximum Gasteiger partial charge on any atom is 0.169 e. The van der Waals surface area contributed by atoms with Crippen LogP contribution in [0.1, 0.15) is 23.6 Å². The molecule has 3 aromatic rings. The number of ether oxygens (including phenoxy) is 2. The Balaban J connectivity index is 1.78. The highest BCUT2D eigenvalue weighted by Crippen LogP contribution is 2.33. The molecule has 3 aromatic carbocycles. The highest BCUT2D eigenvalue weighted by molar-refractivity contribution is 5.78. The third-order valence-corrected chi connectivity index (χ3v) is 4.10. The predicted octanol–water partition coefficient (Wildman–Crippen LogP) is 6.58. The molecule has 0 aliphatic rings. The molecular weight excluding hydrogens is 320 g/mol. The van der Waals surface area contributed by atoms with Gasteiger partial charge in [-0.3, -0.25) is 0 Å². The minimum absolute atomic E-state index is 0.690. The van der Waals surface area contributed by atoms with Gasteiger partial charge in [0.15, 0.2) is 11.5 Å². The van der Waals surface area contributed by atoms with Crippen LogP contribution < -0.4 is 9.47 Å². The van der Waals surface area contributed by atoms with Crippen LogP contribution in [0.15, 0.2) is 85.5 Å². The van der Waals surface area contributed by atoms with Crippen molar-refractivity contribution in [2.45, 2.75) is 6.92 Å². The molecule has 0 spiro atoms. The molecule has 0 aliphatic heterocycles. The first-order valence-electron chi connectivity index (χ1n) is 8.54. The van der Waals surface area contributed by atoms with Gasteiger partial charge in [-0.25, -0.2) is 0 Å². The lowest BCUT2D eigenvalue weighted by Gasteiger charge is -2.12. The second kappa shape index (κ2) is 8.21. The van der Waals surface area contributed by atoms with Gasteiger partial charge in [-0.1, -0.05) is 67.3 Å². The van der Waals surface area contributed by atoms with E-state index in [2.05, 4.69) is 18.7 Å². The quantitative estimate of drug-likeness (QED) is 0.503. The fourth-order valence-electron chi connectivity index (χ4n) is 2.72. The highest BCUT2D eigenvalue weighted by atomic mass is 16.5. The molecule has 130 valence electrons. The van der Waals surface area contributed by atoms with Crippen LogP contribution in [0.25, 0.3) is 11.6 Å². The highest BCUT2D eigenvalue weighted by Gasteiger charge is 2.07. The van der Waals surface area contributed by atoms with E-state index in [0.29, 0.717) is 11.5 Å². The minimum Gasteiger partial charge on any atom is -0.493 e. The van der Waals surface area contributed by atoms with Crippen molar-refractivity contribution in [3.8, 4) is 17.2 Å². The first-order chi connectivity index (χ1) is 12.7. The lowest BCUT2D eigenvalue weighted by Crippen LogP contribution is -1.92. The van der Waals surface area contributed by atoms with E-state index in [4.69, 9.17) is 9.47 Å². The molecule has 0 saturated heterocycles. The summed E-state index contributed by atoms with van der Waals surface area (Å²) in [5.74, 6) is 2.15. The van der Waals surface area contributed by atoms with E-state index in [-0.39, 0.29) is 0 Å². The summed E-state index contributed by atoms with van der Waals surface area (Å²) in [5.41, 5.74) is 4.25. The third kappa shape index (κ3) is 4.04. The van der Waals surface area contributed by atoms with Gasteiger partial charge in [-0.15, -0.1) is 0 Å². The second-order valence-electron chi connectivity index (χ2n) is 5.88. The SMILES string of the molecule is C=C(c1ccccc1)c1ccc(Oc2ccc(/C=C/C)cc2OC)cc1. The Bertz CT molecular complexity index is 907. The summed E-state index contributed by atoms with van der Waals surface area (Å²) in [6.45, 7) is 6.18. The van der Waals surface area contributed by atoms with E-state index in [1.54, 1.807) is 7.11 Å². The second-order valence-corrected chi connectivity index (χ2v) is 5.88. The van der Waals surface area contributed by atoms with Gasteiger partial charge in [0.2, 0.25) is 0 Å². The summed E-state index contributed by atoms with van der Waals surface area (Å²) in [6.07, 6.45) is 4.02. The number of hydrogen-bond donors (Lipinski definition) is 0. The van der Waals surface area contributed by atoms with Gasteiger partial charge in [0.1, 0.15) is 5.75 Å². The van der Waals surface area contributed by atoms with Gasteiger partial charge in [-0.2, -0.15) is 0 Å². The molecular formula is C24H22O2. The predicted molar refractivity (Wildman–Crippen MR) is 109 cm³/mol. The average Bonchev–Trinajstić information content (AvgIpc) is 2.70. The summed E-state index contributed by atoms with van der Waals surface area (Å²) >= 11 is 0. The minimum atomic E-state index is 0.690. The summed E-state index contributed by atoms with van der Waals surface area (Å²) in [4.78, 5) is 0. The Morgan fingerprint density at radius 3 is 2.19 bits per heavy atom. The zero-order chi connectivity index (χ0) is 18.4. The molecule has 26 heavy (non-hydrogen) atoms. The number of allylic oxidation sites excluding steroid dienone is 1. The van der Waals surface area contributed by atoms with Crippen LogP contribution in [0.2, 0.25) is 0 Å². The smallest absolute Gasteiger partial charge is 0.169 e. The molecule has 0 heterocycles. The molecule has 2 heteroatoms. The van der Waals surface area contributed by atoms with Crippen molar-refractivity contribution < 1.29 is 9.47 Å². The van der Waals surface area contributed by atoms with Crippen LogP contribution in [0.5, 0.6) is 17.2 Å². The largest absolute Gasteiger partial charge is 0.493 e. The zero-order valence-corrected chi connectivity index (χ0v) is 15.1. The number of hydrogen-bond acceptors (Lipinski definition) is 2. The molecule has 0 fully saturated rings. The Hall–Kier alpha value is -3.26. The molecule has 2 nitrogen and oxygen atoms in total. The fourth-order valence-corrected chi connectivity index (χ4v) is 2.72. The Morgan fingerprint density at radius 2 is 1.54 bits per heavy atom. The van der Waals surface area contributed by atoms with Gasteiger partial charge < -0.3 is 9.47 Å². The van der Waals surface area contributed by atoms with Crippen molar-refractivity contribution in [3.05, 3.63) is 102 Å². The van der Waals surface area contributed by atoms with E-state index in [0.717, 1.165) is 28.0 Å². The Labute approximate surface area is 155 Å². The molecule has 0 radical (unpaired) electrons. The number of rotatable bonds is 6. The maximum atomic E-state index is 6.00. The van der Waals surface area contributed by atoms with Crippen LogP contribution in [0, 0.1) is 0 Å². The van der Waals surface area contributed by atoms with Crippen molar-refractivity contribution in [2.24, 2.45) is 0 Å². The summed E-state index contributed by atoms with van der Waals surface area (Å²) < 4.78 is 11.4. The standard InChI is InChI=1S/C24H22O2/c1-4-8-19-11-16-23(24(17-19)25-3)26-22-14-12-21(13-15-22)18(2)20-9-6-5-7-10-20/h4-17H,2H2,1,3H3/b8-4+. The molecule has 3 rings (SSSR count). The van der Waals surface area contributed by atoms with E-state index in [9.17, 15) is 0 Å². The maximum absolute atomic E-state index is 6.00. The van der Waals surface area contributed by atoms with Crippen LogP contribution in [0.3, 0.4) is 0 Å². The van der Waals surface area contributed by atoms with E-state index < -0.39 is 0 Å². The normalized spacial score (nSPS) is 10.7. The molecule has 0 aromatic heterocycles. The van der Waals surface area contributed by atoms with Gasteiger partial charge in [0.25, 0.3) is 0 Å². The van der Waals surface area contributed by atoms with Gasteiger partial charge >= 0.3 is 0 Å². The van der Waals surface area contributed by atoms with Gasteiger partial charge in [-0.05, 0) is 53.5 Å². The number of methoxy groups -OCH3 is 1. The molecule has 0 N–H and O–H groups in total. The van der Waals surface area contributed by atoms with Crippen molar-refractivity contribution in [3.63, 3.8) is 0 Å². The molecule has 0 atom stereocenters. The van der Waals surface area contributed by atoms with Crippen molar-refractivity contribution in [1.29, 1.82) is 0 Å². The Morgan fingerprint density at radius 1 is 0.846 bits per heavy atom. The van der Waals surface area contributed by atoms with Crippen molar-refractivity contribution in [2.75, 3.05) is 7.11 Å². The van der Waals surface area contributed by atoms with E-state index in [1.165, 1.54) is 0 Å². The topological polar surface area (TPSA) is 18.5 Å². The lowest BCUT2D eigenvalue weighted by molar-refractivity contribution is 0.379. The Kier molecular flexibility index (Phi) is 5.55. The third-order valence-electron chi connectivity index (χ3n) is 4.10. The summed E-state index contributed by atoms with van der Waals surface area (Å²) in [7, 11) is 1.65. The van der Waals surface area contributed by atoms with E-state index in [1.807, 2.05) is 79.7 Å². The van der Waals surface area contributed by atoms with Crippen LogP contribution in [-0.4, -0.2) is 7.11 Å². The molecule has 0 aliphatic carbocycles. The monoisotopic (exact) mass is 342 g/mol. The lowest BCUT2D eigenvalue weighted by atomic mass is 10.00. The molecule has 0 bridgehead atoms. The first-order valence-corrected chi connectivity index (χ1v) is 8.54. The van der Waals surface area contributed by atoms with Crippen LogP contribution in [0.4, 0.5) is 0 Å². The van der Waals surface area contributed by atoms with Crippen molar-refractivity contribution in [1.82, 2.24) is 0 Å². The molecule has 0 amide bonds. The van der Waals surface area contributed by atoms with Crippen LogP contribution >= 0.6 is 0 Å². The van der Waals surface area contributed by atoms with Gasteiger partial charge in [0.05, 0.1) is 7.11 Å². The molecule has 0 saturated carbocycles. The zero-order valence-electron chi connectivity index (χ0n) is 15.1. The fraction of sp³-hybridized carbons (Fsp3) is 0.0833. The summed E-state index contributed by atoms with van der Waals surface area (Å²) in [5, 5.41) is 0. The van der Waals surface area contributed by atoms with E-state index >= 15 is 0 Å². The van der Waals surface area contributed by atoms with Crippen LogP contribution in [-0.2, 0) is 0 Å². The van der Waals surface area contributed by atoms with Gasteiger partial charge in [0, 0.05) is 0 Å². The average molecular weight is 342 g/mol. The molecule has 0 unspecified atom stereocenters. The van der Waals surface area contributed by atoms with Crippen molar-refractivity contribution >= 4 is 11.6 Å². The first kappa shape index (κ1) is 17.6.